The summed E-state index contributed by atoms with van der Waals surface area (Å²) in [7, 11) is 0. The fourth-order valence-corrected chi connectivity index (χ4v) is 2.86. The third-order valence-corrected chi connectivity index (χ3v) is 4.25. The van der Waals surface area contributed by atoms with Gasteiger partial charge < -0.3 is 10.6 Å². The lowest BCUT2D eigenvalue weighted by Crippen LogP contribution is -2.28. The molecule has 1 saturated heterocycles. The van der Waals surface area contributed by atoms with Gasteiger partial charge in [0.05, 0.1) is 0 Å². The number of halogens is 1. The van der Waals surface area contributed by atoms with Crippen molar-refractivity contribution in [2.75, 3.05) is 18.4 Å². The van der Waals surface area contributed by atoms with Gasteiger partial charge in [-0.2, -0.15) is 0 Å². The van der Waals surface area contributed by atoms with Gasteiger partial charge in [0.2, 0.25) is 5.91 Å². The average Bonchev–Trinajstić information content (AvgIpc) is 2.48. The molecule has 118 valence electrons. The number of hydrogen-bond donors (Lipinski definition) is 2. The molecule has 0 aromatic heterocycles. The number of carbonyl (C=O) groups excluding carboxylic acids is 1. The molecule has 1 aromatic rings. The first-order chi connectivity index (χ1) is 9.69. The smallest absolute Gasteiger partial charge is 0.224 e. The van der Waals surface area contributed by atoms with Crippen LogP contribution < -0.4 is 10.6 Å². The first kappa shape index (κ1) is 18.0. The summed E-state index contributed by atoms with van der Waals surface area (Å²) in [6.45, 7) is 6.46. The van der Waals surface area contributed by atoms with Gasteiger partial charge in [0, 0.05) is 12.1 Å². The Hall–Kier alpha value is -1.06. The average molecular weight is 311 g/mol. The number of rotatable bonds is 5. The van der Waals surface area contributed by atoms with Crippen LogP contribution in [0, 0.1) is 12.8 Å². The van der Waals surface area contributed by atoms with E-state index in [-0.39, 0.29) is 18.3 Å². The van der Waals surface area contributed by atoms with Crippen LogP contribution in [0.25, 0.3) is 0 Å². The van der Waals surface area contributed by atoms with Crippen LogP contribution in [0.5, 0.6) is 0 Å². The molecule has 2 rings (SSSR count). The Morgan fingerprint density at radius 2 is 2.05 bits per heavy atom. The third-order valence-electron chi connectivity index (χ3n) is 4.25. The molecule has 1 aliphatic rings. The van der Waals surface area contributed by atoms with Crippen molar-refractivity contribution in [3.05, 3.63) is 29.3 Å². The van der Waals surface area contributed by atoms with Gasteiger partial charge >= 0.3 is 0 Å². The Bertz CT molecular complexity index is 456. The number of nitrogens with one attached hydrogen (secondary N) is 2. The van der Waals surface area contributed by atoms with Gasteiger partial charge in [-0.15, -0.1) is 12.4 Å². The second-order valence-corrected chi connectivity index (χ2v) is 5.78. The van der Waals surface area contributed by atoms with Crippen LogP contribution in [0.1, 0.15) is 43.7 Å². The summed E-state index contributed by atoms with van der Waals surface area (Å²) >= 11 is 0. The number of piperidine rings is 1. The van der Waals surface area contributed by atoms with E-state index in [4.69, 9.17) is 0 Å². The van der Waals surface area contributed by atoms with Crippen molar-refractivity contribution >= 4 is 24.0 Å². The van der Waals surface area contributed by atoms with Crippen molar-refractivity contribution in [2.45, 2.75) is 46.0 Å². The summed E-state index contributed by atoms with van der Waals surface area (Å²) in [5.74, 6) is 0.862. The Morgan fingerprint density at radius 1 is 1.33 bits per heavy atom. The first-order valence-corrected chi connectivity index (χ1v) is 7.79. The molecule has 1 amide bonds. The van der Waals surface area contributed by atoms with Gasteiger partial charge in [0.15, 0.2) is 0 Å². The molecule has 1 aromatic carbocycles. The maximum absolute atomic E-state index is 12.0. The molecule has 3 nitrogen and oxygen atoms in total. The van der Waals surface area contributed by atoms with E-state index in [0.29, 0.717) is 12.3 Å². The predicted octanol–water partition coefficient (Wildman–Crippen LogP) is 3.70. The molecule has 1 heterocycles. The quantitative estimate of drug-likeness (QED) is 0.870. The lowest BCUT2D eigenvalue weighted by Gasteiger charge is -2.22. The molecule has 0 bridgehead atoms. The first-order valence-electron chi connectivity index (χ1n) is 7.79. The predicted molar refractivity (Wildman–Crippen MR) is 91.3 cm³/mol. The molecule has 2 N–H and O–H groups in total. The molecule has 0 atom stereocenters. The van der Waals surface area contributed by atoms with Gasteiger partial charge in [0.25, 0.3) is 0 Å². The number of amides is 1. The number of anilines is 1. The molecule has 0 spiro atoms. The second-order valence-electron chi connectivity index (χ2n) is 5.78. The van der Waals surface area contributed by atoms with Crippen LogP contribution >= 0.6 is 12.4 Å². The summed E-state index contributed by atoms with van der Waals surface area (Å²) in [4.78, 5) is 12.0. The van der Waals surface area contributed by atoms with E-state index in [1.54, 1.807) is 0 Å². The maximum Gasteiger partial charge on any atom is 0.224 e. The van der Waals surface area contributed by atoms with Crippen molar-refractivity contribution in [1.29, 1.82) is 0 Å². The van der Waals surface area contributed by atoms with E-state index in [1.165, 1.54) is 24.0 Å². The monoisotopic (exact) mass is 310 g/mol. The van der Waals surface area contributed by atoms with Gasteiger partial charge in [0.1, 0.15) is 0 Å². The topological polar surface area (TPSA) is 41.1 Å². The highest BCUT2D eigenvalue weighted by molar-refractivity contribution is 5.90. The number of benzene rings is 1. The Morgan fingerprint density at radius 3 is 2.71 bits per heavy atom. The number of carbonyl (C=O) groups is 1. The number of aryl methyl sites for hydroxylation is 2. The Balaban J connectivity index is 0.00000220. The Labute approximate surface area is 134 Å². The lowest BCUT2D eigenvalue weighted by molar-refractivity contribution is -0.116. The third kappa shape index (κ3) is 5.68. The SMILES string of the molecule is CCc1cc(NC(=O)CCC2CCNCC2)ccc1C.Cl. The van der Waals surface area contributed by atoms with E-state index in [0.717, 1.165) is 31.6 Å². The summed E-state index contributed by atoms with van der Waals surface area (Å²) in [5.41, 5.74) is 3.53. The lowest BCUT2D eigenvalue weighted by atomic mass is 9.93. The molecule has 0 unspecified atom stereocenters. The molecule has 21 heavy (non-hydrogen) atoms. The van der Waals surface area contributed by atoms with Gasteiger partial charge in [-0.25, -0.2) is 0 Å². The zero-order chi connectivity index (χ0) is 14.4. The molecule has 1 fully saturated rings. The molecular weight excluding hydrogens is 284 g/mol. The molecule has 0 radical (unpaired) electrons. The van der Waals surface area contributed by atoms with E-state index in [9.17, 15) is 4.79 Å². The van der Waals surface area contributed by atoms with E-state index < -0.39 is 0 Å². The zero-order valence-corrected chi connectivity index (χ0v) is 13.9. The minimum atomic E-state index is 0. The molecule has 0 aliphatic carbocycles. The fraction of sp³-hybridized carbons (Fsp3) is 0.588. The molecule has 4 heteroatoms. The summed E-state index contributed by atoms with van der Waals surface area (Å²) in [5, 5.41) is 6.39. The van der Waals surface area contributed by atoms with Gasteiger partial charge in [-0.3, -0.25) is 4.79 Å². The van der Waals surface area contributed by atoms with Crippen LogP contribution in [0.4, 0.5) is 5.69 Å². The summed E-state index contributed by atoms with van der Waals surface area (Å²) < 4.78 is 0. The number of hydrogen-bond acceptors (Lipinski definition) is 2. The molecule has 1 aliphatic heterocycles. The summed E-state index contributed by atoms with van der Waals surface area (Å²) in [6.07, 6.45) is 5.07. The Kier molecular flexibility index (Phi) is 7.76. The van der Waals surface area contributed by atoms with E-state index in [2.05, 4.69) is 36.6 Å². The van der Waals surface area contributed by atoms with Crippen LogP contribution in [0.15, 0.2) is 18.2 Å². The van der Waals surface area contributed by atoms with Gasteiger partial charge in [-0.05, 0) is 74.9 Å². The minimum Gasteiger partial charge on any atom is -0.326 e. The summed E-state index contributed by atoms with van der Waals surface area (Å²) in [6, 6.07) is 6.18. The van der Waals surface area contributed by atoms with Crippen LogP contribution in [-0.4, -0.2) is 19.0 Å². The van der Waals surface area contributed by atoms with E-state index >= 15 is 0 Å². The highest BCUT2D eigenvalue weighted by Crippen LogP contribution is 2.19. The van der Waals surface area contributed by atoms with Crippen molar-refractivity contribution in [1.82, 2.24) is 5.32 Å². The van der Waals surface area contributed by atoms with Crippen molar-refractivity contribution in [2.24, 2.45) is 5.92 Å². The highest BCUT2D eigenvalue weighted by Gasteiger charge is 2.14. The van der Waals surface area contributed by atoms with Crippen LogP contribution in [0.2, 0.25) is 0 Å². The van der Waals surface area contributed by atoms with Crippen LogP contribution in [0.3, 0.4) is 0 Å². The van der Waals surface area contributed by atoms with Gasteiger partial charge in [-0.1, -0.05) is 13.0 Å². The second kappa shape index (κ2) is 9.06. The zero-order valence-electron chi connectivity index (χ0n) is 13.1. The minimum absolute atomic E-state index is 0. The van der Waals surface area contributed by atoms with Crippen molar-refractivity contribution in [3.63, 3.8) is 0 Å². The van der Waals surface area contributed by atoms with Crippen molar-refractivity contribution in [3.8, 4) is 0 Å². The standard InChI is InChI=1S/C17H26N2O.ClH/c1-3-15-12-16(6-4-13(15)2)19-17(20)7-5-14-8-10-18-11-9-14;/h4,6,12,14,18H,3,5,7-11H2,1-2H3,(H,19,20);1H. The maximum atomic E-state index is 12.0. The van der Waals surface area contributed by atoms with Crippen molar-refractivity contribution < 1.29 is 4.79 Å². The van der Waals surface area contributed by atoms with Crippen LogP contribution in [-0.2, 0) is 11.2 Å². The molecule has 0 saturated carbocycles. The fourth-order valence-electron chi connectivity index (χ4n) is 2.86. The highest BCUT2D eigenvalue weighted by atomic mass is 35.5. The largest absolute Gasteiger partial charge is 0.326 e. The van der Waals surface area contributed by atoms with E-state index in [1.807, 2.05) is 6.07 Å². The normalized spacial score (nSPS) is 15.3. The molecular formula is C17H27ClN2O.